The summed E-state index contributed by atoms with van der Waals surface area (Å²) in [4.78, 5) is 13.5. The maximum Gasteiger partial charge on any atom is 0.420 e. The quantitative estimate of drug-likeness (QED) is 0.802. The van der Waals surface area contributed by atoms with E-state index >= 15 is 0 Å². The first kappa shape index (κ1) is 12.5. The van der Waals surface area contributed by atoms with E-state index in [2.05, 4.69) is 10.2 Å². The molecule has 5 nitrogen and oxygen atoms in total. The smallest absolute Gasteiger partial charge is 0.335 e. The Bertz CT molecular complexity index is 526. The highest BCUT2D eigenvalue weighted by atomic mass is 19.4. The fourth-order valence-corrected chi connectivity index (χ4v) is 2.86. The molecule has 1 aromatic rings. The molecule has 0 aromatic carbocycles. The van der Waals surface area contributed by atoms with Crippen LogP contribution in [0.3, 0.4) is 0 Å². The Kier molecular flexibility index (Phi) is 2.44. The van der Waals surface area contributed by atoms with Crippen molar-refractivity contribution >= 4 is 5.91 Å². The van der Waals surface area contributed by atoms with Gasteiger partial charge in [0.1, 0.15) is 11.3 Å². The van der Waals surface area contributed by atoms with Gasteiger partial charge in [-0.1, -0.05) is 0 Å². The molecule has 1 aliphatic carbocycles. The van der Waals surface area contributed by atoms with Crippen LogP contribution in [-0.2, 0) is 6.18 Å². The lowest BCUT2D eigenvalue weighted by Gasteiger charge is -2.39. The number of alkyl halides is 3. The molecule has 2 fully saturated rings. The highest BCUT2D eigenvalue weighted by Gasteiger charge is 2.52. The molecule has 1 aromatic heterocycles. The number of aromatic nitrogens is 2. The fraction of sp³-hybridized carbons (Fsp3) is 0.636. The Labute approximate surface area is 106 Å². The van der Waals surface area contributed by atoms with Gasteiger partial charge in [0.15, 0.2) is 0 Å². The molecule has 3 N–H and O–H groups in total. The Morgan fingerprint density at radius 1 is 1.58 bits per heavy atom. The van der Waals surface area contributed by atoms with E-state index in [0.717, 1.165) is 12.8 Å². The van der Waals surface area contributed by atoms with Crippen LogP contribution in [0.4, 0.5) is 13.2 Å². The molecular formula is C11H13F3N4O. The number of nitrogens with one attached hydrogen (secondary N) is 1. The molecule has 0 unspecified atom stereocenters. The summed E-state index contributed by atoms with van der Waals surface area (Å²) in [5.74, 6) is -0.474. The summed E-state index contributed by atoms with van der Waals surface area (Å²) < 4.78 is 38.1. The Balaban J connectivity index is 1.84. The normalized spacial score (nSPS) is 30.1. The number of nitrogens with two attached hydrogens (primary N) is 1. The van der Waals surface area contributed by atoms with Crippen LogP contribution in [0.25, 0.3) is 0 Å². The minimum absolute atomic E-state index is 0.203. The molecule has 0 bridgehead atoms. The van der Waals surface area contributed by atoms with E-state index in [9.17, 15) is 18.0 Å². The number of carbonyl (C=O) groups is 1. The molecule has 19 heavy (non-hydrogen) atoms. The first-order valence-electron chi connectivity index (χ1n) is 6.00. The number of aromatic amines is 1. The molecule has 8 heteroatoms. The van der Waals surface area contributed by atoms with Crippen LogP contribution in [0, 0.1) is 5.92 Å². The first-order valence-corrected chi connectivity index (χ1v) is 6.00. The standard InChI is InChI=1S/C11H13F3N4O/c12-11(13,14)7-3-16-17-8(7)9(19)18-4-6-1-2-10(6,15)5-18/h3,6H,1-2,4-5,15H2,(H,16,17)/t6-,10-/m0/s1. The molecule has 0 radical (unpaired) electrons. The second-order valence-electron chi connectivity index (χ2n) is 5.31. The number of amides is 1. The monoisotopic (exact) mass is 274 g/mol. The highest BCUT2D eigenvalue weighted by molar-refractivity contribution is 5.94. The van der Waals surface area contributed by atoms with Crippen LogP contribution < -0.4 is 5.73 Å². The van der Waals surface area contributed by atoms with Gasteiger partial charge in [0.05, 0.1) is 6.20 Å². The van der Waals surface area contributed by atoms with Crippen molar-refractivity contribution in [2.45, 2.75) is 24.6 Å². The maximum absolute atomic E-state index is 12.7. The van der Waals surface area contributed by atoms with Crippen LogP contribution in [-0.4, -0.2) is 39.6 Å². The number of rotatable bonds is 1. The summed E-state index contributed by atoms with van der Waals surface area (Å²) in [6.07, 6.45) is -2.21. The average Bonchev–Trinajstić information content (AvgIpc) is 2.87. The zero-order valence-electron chi connectivity index (χ0n) is 10.00. The largest absolute Gasteiger partial charge is 0.420 e. The predicted octanol–water partition coefficient (Wildman–Crippen LogP) is 0.992. The second kappa shape index (κ2) is 3.72. The van der Waals surface area contributed by atoms with Crippen LogP contribution in [0.1, 0.15) is 28.9 Å². The van der Waals surface area contributed by atoms with Crippen LogP contribution in [0.15, 0.2) is 6.20 Å². The Morgan fingerprint density at radius 3 is 2.79 bits per heavy atom. The van der Waals surface area contributed by atoms with Crippen LogP contribution in [0.5, 0.6) is 0 Å². The minimum Gasteiger partial charge on any atom is -0.335 e. The zero-order valence-corrected chi connectivity index (χ0v) is 10.00. The number of halogens is 3. The number of carbonyl (C=O) groups excluding carboxylic acids is 1. The van der Waals surface area contributed by atoms with Crippen LogP contribution in [0.2, 0.25) is 0 Å². The number of fused-ring (bicyclic) bond motifs is 1. The Hall–Kier alpha value is -1.57. The summed E-state index contributed by atoms with van der Waals surface area (Å²) in [5.41, 5.74) is 4.14. The van der Waals surface area contributed by atoms with E-state index < -0.39 is 28.9 Å². The second-order valence-corrected chi connectivity index (χ2v) is 5.31. The van der Waals surface area contributed by atoms with Crippen molar-refractivity contribution in [2.75, 3.05) is 13.1 Å². The van der Waals surface area contributed by atoms with Gasteiger partial charge in [-0.25, -0.2) is 0 Å². The SMILES string of the molecule is N[C@]12CC[C@H]1CN(C(=O)c1[nH]ncc1C(F)(F)F)C2. The third-order valence-corrected chi connectivity index (χ3v) is 4.14. The highest BCUT2D eigenvalue weighted by Crippen LogP contribution is 2.43. The van der Waals surface area contributed by atoms with Crippen molar-refractivity contribution in [3.05, 3.63) is 17.5 Å². The molecule has 2 atom stereocenters. The lowest BCUT2D eigenvalue weighted by molar-refractivity contribution is -0.138. The fourth-order valence-electron chi connectivity index (χ4n) is 2.86. The third-order valence-electron chi connectivity index (χ3n) is 4.14. The topological polar surface area (TPSA) is 75.0 Å². The van der Waals surface area contributed by atoms with E-state index in [0.29, 0.717) is 19.3 Å². The van der Waals surface area contributed by atoms with Crippen molar-refractivity contribution < 1.29 is 18.0 Å². The van der Waals surface area contributed by atoms with Gasteiger partial charge in [-0.15, -0.1) is 0 Å². The van der Waals surface area contributed by atoms with Crippen molar-refractivity contribution in [3.63, 3.8) is 0 Å². The first-order chi connectivity index (χ1) is 8.81. The molecule has 1 saturated carbocycles. The van der Waals surface area contributed by atoms with E-state index in [1.165, 1.54) is 4.90 Å². The van der Waals surface area contributed by atoms with Crippen LogP contribution >= 0.6 is 0 Å². The molecule has 2 heterocycles. The van der Waals surface area contributed by atoms with E-state index in [1.807, 2.05) is 0 Å². The molecule has 0 spiro atoms. The molecular weight excluding hydrogens is 261 g/mol. The summed E-state index contributed by atoms with van der Waals surface area (Å²) in [5, 5.41) is 5.48. The molecule has 104 valence electrons. The van der Waals surface area contributed by atoms with Crippen molar-refractivity contribution in [3.8, 4) is 0 Å². The summed E-state index contributed by atoms with van der Waals surface area (Å²) in [6, 6.07) is 0. The van der Waals surface area contributed by atoms with Crippen molar-refractivity contribution in [2.24, 2.45) is 11.7 Å². The lowest BCUT2D eigenvalue weighted by Crippen LogP contribution is -2.54. The predicted molar refractivity (Wildman–Crippen MR) is 59.1 cm³/mol. The molecule has 1 saturated heterocycles. The molecule has 1 amide bonds. The number of likely N-dealkylation sites (tertiary alicyclic amines) is 1. The van der Waals surface area contributed by atoms with Gasteiger partial charge in [-0.2, -0.15) is 18.3 Å². The van der Waals surface area contributed by atoms with Gasteiger partial charge in [-0.05, 0) is 18.8 Å². The summed E-state index contributed by atoms with van der Waals surface area (Å²) in [7, 11) is 0. The summed E-state index contributed by atoms with van der Waals surface area (Å²) >= 11 is 0. The molecule has 1 aliphatic heterocycles. The number of H-pyrrole nitrogens is 1. The van der Waals surface area contributed by atoms with Gasteiger partial charge in [0, 0.05) is 18.6 Å². The molecule has 2 aliphatic rings. The van der Waals surface area contributed by atoms with Gasteiger partial charge in [0.25, 0.3) is 5.91 Å². The van der Waals surface area contributed by atoms with Crippen molar-refractivity contribution in [1.29, 1.82) is 0 Å². The number of hydrogen-bond acceptors (Lipinski definition) is 3. The third kappa shape index (κ3) is 1.81. The minimum atomic E-state index is -4.59. The average molecular weight is 274 g/mol. The molecule has 3 rings (SSSR count). The number of nitrogens with zero attached hydrogens (tertiary/aromatic N) is 2. The van der Waals surface area contributed by atoms with Gasteiger partial charge < -0.3 is 10.6 Å². The van der Waals surface area contributed by atoms with E-state index in [1.54, 1.807) is 0 Å². The lowest BCUT2D eigenvalue weighted by atomic mass is 9.70. The van der Waals surface area contributed by atoms with E-state index in [4.69, 9.17) is 5.73 Å². The maximum atomic E-state index is 12.7. The van der Waals surface area contributed by atoms with Gasteiger partial charge >= 0.3 is 6.18 Å². The zero-order chi connectivity index (χ0) is 13.8. The van der Waals surface area contributed by atoms with E-state index in [-0.39, 0.29) is 5.92 Å². The summed E-state index contributed by atoms with van der Waals surface area (Å²) in [6.45, 7) is 0.735. The Morgan fingerprint density at radius 2 is 2.32 bits per heavy atom. The number of hydrogen-bond donors (Lipinski definition) is 2. The van der Waals surface area contributed by atoms with Crippen molar-refractivity contribution in [1.82, 2.24) is 15.1 Å². The van der Waals surface area contributed by atoms with Gasteiger partial charge in [0.2, 0.25) is 0 Å². The van der Waals surface area contributed by atoms with Gasteiger partial charge in [-0.3, -0.25) is 9.89 Å².